The van der Waals surface area contributed by atoms with Gasteiger partial charge in [0.2, 0.25) is 11.8 Å². The first-order chi connectivity index (χ1) is 18.5. The zero-order valence-electron chi connectivity index (χ0n) is 20.9. The predicted molar refractivity (Wildman–Crippen MR) is 151 cm³/mol. The van der Waals surface area contributed by atoms with Crippen LogP contribution in [-0.2, 0) is 22.6 Å². The molecular weight excluding hydrogens is 476 g/mol. The minimum absolute atomic E-state index is 0.0166. The number of amides is 3. The van der Waals surface area contributed by atoms with E-state index in [0.717, 1.165) is 11.1 Å². The first kappa shape index (κ1) is 26.2. The molecule has 0 unspecified atom stereocenters. The number of benzene rings is 4. The van der Waals surface area contributed by atoms with Crippen LogP contribution < -0.4 is 21.3 Å². The van der Waals surface area contributed by atoms with Crippen LogP contribution in [0.25, 0.3) is 0 Å². The second-order valence-electron chi connectivity index (χ2n) is 8.77. The topological polar surface area (TPSA) is 99.3 Å². The molecule has 0 saturated heterocycles. The molecule has 0 heterocycles. The average Bonchev–Trinajstić information content (AvgIpc) is 2.95. The van der Waals surface area contributed by atoms with Gasteiger partial charge in [-0.05, 0) is 53.9 Å². The highest BCUT2D eigenvalue weighted by Gasteiger charge is 2.09. The monoisotopic (exact) mass is 506 g/mol. The van der Waals surface area contributed by atoms with Crippen LogP contribution in [0.1, 0.15) is 27.9 Å². The number of rotatable bonds is 11. The van der Waals surface area contributed by atoms with E-state index < -0.39 is 0 Å². The van der Waals surface area contributed by atoms with Gasteiger partial charge >= 0.3 is 0 Å². The Bertz CT molecular complexity index is 1370. The number of anilines is 3. The van der Waals surface area contributed by atoms with E-state index in [1.165, 1.54) is 0 Å². The third-order valence-corrected chi connectivity index (χ3v) is 5.79. The molecule has 0 fully saturated rings. The van der Waals surface area contributed by atoms with Crippen molar-refractivity contribution in [3.05, 3.63) is 126 Å². The van der Waals surface area contributed by atoms with E-state index >= 15 is 0 Å². The molecule has 3 amide bonds. The van der Waals surface area contributed by atoms with E-state index in [0.29, 0.717) is 42.0 Å². The normalized spacial score (nSPS) is 10.3. The predicted octanol–water partition coefficient (Wildman–Crippen LogP) is 5.24. The van der Waals surface area contributed by atoms with E-state index in [1.807, 2.05) is 60.7 Å². The summed E-state index contributed by atoms with van der Waals surface area (Å²) in [5.74, 6) is -0.534. The lowest BCUT2D eigenvalue weighted by Gasteiger charge is -2.11. The SMILES string of the molecule is O=C(CCc1ccccc1)Nc1cccc(NC(=O)CNc2cccc(C(=O)NCc3ccccc3)c2)c1. The summed E-state index contributed by atoms with van der Waals surface area (Å²) >= 11 is 0. The summed E-state index contributed by atoms with van der Waals surface area (Å²) in [6.45, 7) is 0.453. The van der Waals surface area contributed by atoms with Gasteiger partial charge in [0.15, 0.2) is 0 Å². The van der Waals surface area contributed by atoms with Crippen LogP contribution in [0, 0.1) is 0 Å². The molecule has 0 radical (unpaired) electrons. The van der Waals surface area contributed by atoms with Crippen LogP contribution in [0.5, 0.6) is 0 Å². The molecule has 0 atom stereocenters. The minimum atomic E-state index is -0.253. The Labute approximate surface area is 222 Å². The van der Waals surface area contributed by atoms with E-state index in [4.69, 9.17) is 0 Å². The first-order valence-electron chi connectivity index (χ1n) is 12.4. The largest absolute Gasteiger partial charge is 0.376 e. The zero-order valence-corrected chi connectivity index (χ0v) is 20.9. The number of aryl methyl sites for hydroxylation is 1. The van der Waals surface area contributed by atoms with Gasteiger partial charge in [-0.2, -0.15) is 0 Å². The first-order valence-corrected chi connectivity index (χ1v) is 12.4. The van der Waals surface area contributed by atoms with Crippen molar-refractivity contribution in [2.75, 3.05) is 22.5 Å². The molecule has 4 aromatic rings. The molecule has 0 spiro atoms. The van der Waals surface area contributed by atoms with Gasteiger partial charge in [-0.1, -0.05) is 72.8 Å². The standard InChI is InChI=1S/C31H30N4O3/c36-29(18-17-23-9-3-1-4-10-23)34-27-15-8-16-28(20-27)35-30(37)22-32-26-14-7-13-25(19-26)31(38)33-21-24-11-5-2-6-12-24/h1-16,19-20,32H,17-18,21-22H2,(H,33,38)(H,34,36)(H,35,37). The third kappa shape index (κ3) is 8.34. The van der Waals surface area contributed by atoms with Crippen LogP contribution in [0.15, 0.2) is 109 Å². The molecule has 0 aliphatic heterocycles. The highest BCUT2D eigenvalue weighted by molar-refractivity contribution is 5.97. The molecule has 38 heavy (non-hydrogen) atoms. The lowest BCUT2D eigenvalue weighted by atomic mass is 10.1. The number of hydrogen-bond acceptors (Lipinski definition) is 4. The van der Waals surface area contributed by atoms with Crippen molar-refractivity contribution in [3.63, 3.8) is 0 Å². The maximum atomic E-state index is 12.5. The summed E-state index contributed by atoms with van der Waals surface area (Å²) in [7, 11) is 0. The molecule has 7 nitrogen and oxygen atoms in total. The summed E-state index contributed by atoms with van der Waals surface area (Å²) in [5.41, 5.74) is 4.47. The summed E-state index contributed by atoms with van der Waals surface area (Å²) in [4.78, 5) is 37.4. The van der Waals surface area contributed by atoms with Gasteiger partial charge in [-0.15, -0.1) is 0 Å². The Morgan fingerprint density at radius 2 is 1.18 bits per heavy atom. The fourth-order valence-corrected chi connectivity index (χ4v) is 3.84. The molecule has 0 aliphatic carbocycles. The van der Waals surface area contributed by atoms with E-state index in [9.17, 15) is 14.4 Å². The van der Waals surface area contributed by atoms with Gasteiger partial charge in [-0.3, -0.25) is 14.4 Å². The fraction of sp³-hybridized carbons (Fsp3) is 0.129. The number of hydrogen-bond donors (Lipinski definition) is 4. The van der Waals surface area contributed by atoms with Crippen molar-refractivity contribution in [2.24, 2.45) is 0 Å². The summed E-state index contributed by atoms with van der Waals surface area (Å²) in [6.07, 6.45) is 1.03. The maximum absolute atomic E-state index is 12.5. The van der Waals surface area contributed by atoms with Crippen molar-refractivity contribution in [1.82, 2.24) is 5.32 Å². The average molecular weight is 507 g/mol. The maximum Gasteiger partial charge on any atom is 0.251 e. The summed E-state index contributed by atoms with van der Waals surface area (Å²) < 4.78 is 0. The van der Waals surface area contributed by atoms with Crippen molar-refractivity contribution in [3.8, 4) is 0 Å². The minimum Gasteiger partial charge on any atom is -0.376 e. The lowest BCUT2D eigenvalue weighted by molar-refractivity contribution is -0.116. The van der Waals surface area contributed by atoms with Crippen molar-refractivity contribution in [1.29, 1.82) is 0 Å². The molecule has 4 aromatic carbocycles. The molecule has 0 bridgehead atoms. The Morgan fingerprint density at radius 1 is 0.579 bits per heavy atom. The Kier molecular flexibility index (Phi) is 9.23. The molecule has 0 aliphatic rings. The van der Waals surface area contributed by atoms with Crippen molar-refractivity contribution in [2.45, 2.75) is 19.4 Å². The van der Waals surface area contributed by atoms with E-state index in [-0.39, 0.29) is 24.3 Å². The van der Waals surface area contributed by atoms with Crippen molar-refractivity contribution < 1.29 is 14.4 Å². The van der Waals surface area contributed by atoms with Gasteiger partial charge in [0.25, 0.3) is 5.91 Å². The van der Waals surface area contributed by atoms with Gasteiger partial charge in [0.1, 0.15) is 0 Å². The zero-order chi connectivity index (χ0) is 26.6. The van der Waals surface area contributed by atoms with E-state index in [1.54, 1.807) is 48.5 Å². The Balaban J connectivity index is 1.23. The molecule has 7 heteroatoms. The summed E-state index contributed by atoms with van der Waals surface area (Å²) in [5, 5.41) is 11.7. The Hall–Kier alpha value is -4.91. The van der Waals surface area contributed by atoms with Crippen LogP contribution >= 0.6 is 0 Å². The highest BCUT2D eigenvalue weighted by atomic mass is 16.2. The third-order valence-electron chi connectivity index (χ3n) is 5.79. The quantitative estimate of drug-likeness (QED) is 0.224. The van der Waals surface area contributed by atoms with Crippen LogP contribution in [0.3, 0.4) is 0 Å². The molecule has 0 saturated carbocycles. The Morgan fingerprint density at radius 3 is 1.89 bits per heavy atom. The van der Waals surface area contributed by atoms with Gasteiger partial charge in [0, 0.05) is 35.6 Å². The fourth-order valence-electron chi connectivity index (χ4n) is 3.84. The van der Waals surface area contributed by atoms with Crippen LogP contribution in [-0.4, -0.2) is 24.3 Å². The number of carbonyl (C=O) groups is 3. The molecule has 0 aromatic heterocycles. The smallest absolute Gasteiger partial charge is 0.251 e. The van der Waals surface area contributed by atoms with E-state index in [2.05, 4.69) is 21.3 Å². The highest BCUT2D eigenvalue weighted by Crippen LogP contribution is 2.16. The molecule has 192 valence electrons. The second-order valence-corrected chi connectivity index (χ2v) is 8.77. The second kappa shape index (κ2) is 13.4. The summed E-state index contributed by atoms with van der Waals surface area (Å²) in [6, 6.07) is 33.6. The van der Waals surface area contributed by atoms with Crippen LogP contribution in [0.4, 0.5) is 17.1 Å². The van der Waals surface area contributed by atoms with Gasteiger partial charge in [0.05, 0.1) is 6.54 Å². The van der Waals surface area contributed by atoms with Gasteiger partial charge < -0.3 is 21.3 Å². The molecular formula is C31H30N4O3. The molecule has 4 rings (SSSR count). The molecule has 4 N–H and O–H groups in total. The lowest BCUT2D eigenvalue weighted by Crippen LogP contribution is -2.24. The number of nitrogens with one attached hydrogen (secondary N) is 4. The number of carbonyl (C=O) groups excluding carboxylic acids is 3. The van der Waals surface area contributed by atoms with Crippen molar-refractivity contribution >= 4 is 34.8 Å². The van der Waals surface area contributed by atoms with Crippen LogP contribution in [0.2, 0.25) is 0 Å². The van der Waals surface area contributed by atoms with Gasteiger partial charge in [-0.25, -0.2) is 0 Å².